The molecule has 14 nitrogen and oxygen atoms in total. The highest BCUT2D eigenvalue weighted by Gasteiger charge is 2.18. The van der Waals surface area contributed by atoms with Crippen LogP contribution in [0.1, 0.15) is 45.7 Å². The number of thioether (sulfide) groups is 2. The van der Waals surface area contributed by atoms with Gasteiger partial charge in [0, 0.05) is 23.6 Å². The van der Waals surface area contributed by atoms with Crippen molar-refractivity contribution in [2.75, 3.05) is 0 Å². The van der Waals surface area contributed by atoms with Crippen molar-refractivity contribution in [3.8, 4) is 11.5 Å². The number of hydrogen-bond acceptors (Lipinski definition) is 14. The summed E-state index contributed by atoms with van der Waals surface area (Å²) in [5, 5.41) is 18.1. The predicted molar refractivity (Wildman–Crippen MR) is 172 cm³/mol. The summed E-state index contributed by atoms with van der Waals surface area (Å²) in [6.07, 6.45) is 0. The normalized spacial score (nSPS) is 10.0. The van der Waals surface area contributed by atoms with Gasteiger partial charge in [-0.1, -0.05) is 54.6 Å². The zero-order valence-corrected chi connectivity index (χ0v) is 26.9. The fourth-order valence-electron chi connectivity index (χ4n) is 3.75. The molecular formula is C32H26N2O12S2. The van der Waals surface area contributed by atoms with Crippen LogP contribution in [0, 0.1) is 20.2 Å². The van der Waals surface area contributed by atoms with Crippen molar-refractivity contribution in [2.45, 2.75) is 36.9 Å². The predicted octanol–water partition coefficient (Wildman–Crippen LogP) is 6.51. The van der Waals surface area contributed by atoms with E-state index in [0.29, 0.717) is 20.9 Å². The summed E-state index contributed by atoms with van der Waals surface area (Å²) in [7, 11) is 0. The molecule has 0 saturated heterocycles. The number of esters is 2. The molecule has 0 saturated carbocycles. The molecule has 4 rings (SSSR count). The fraction of sp³-hybridized carbons (Fsp3) is 0.125. The van der Waals surface area contributed by atoms with Crippen molar-refractivity contribution in [2.24, 2.45) is 0 Å². The third-order valence-electron chi connectivity index (χ3n) is 5.67. The quantitative estimate of drug-likeness (QED) is 0.0513. The van der Waals surface area contributed by atoms with Crippen molar-refractivity contribution >= 4 is 45.7 Å². The maximum absolute atomic E-state index is 12.5. The molecule has 0 atom stereocenters. The molecule has 16 heteroatoms. The molecule has 0 unspecified atom stereocenters. The summed E-state index contributed by atoms with van der Waals surface area (Å²) in [5.74, 6) is -0.684. The van der Waals surface area contributed by atoms with Gasteiger partial charge in [0.25, 0.3) is 10.2 Å². The molecule has 0 amide bonds. The van der Waals surface area contributed by atoms with Crippen LogP contribution in [0.15, 0.2) is 107 Å². The van der Waals surface area contributed by atoms with Gasteiger partial charge in [0.2, 0.25) is 10.2 Å². The Labute approximate surface area is 281 Å². The fourth-order valence-corrected chi connectivity index (χ4v) is 5.48. The van der Waals surface area contributed by atoms with Crippen LogP contribution >= 0.6 is 23.5 Å². The first-order valence-corrected chi connectivity index (χ1v) is 15.3. The van der Waals surface area contributed by atoms with E-state index in [-0.39, 0.29) is 46.1 Å². The number of carbonyl (C=O) groups is 4. The van der Waals surface area contributed by atoms with E-state index in [2.05, 4.69) is 9.68 Å². The van der Waals surface area contributed by atoms with Crippen LogP contribution in [-0.4, -0.2) is 32.3 Å². The number of ether oxygens (including phenoxy) is 2. The molecule has 0 bridgehead atoms. The van der Waals surface area contributed by atoms with Crippen LogP contribution in [0.25, 0.3) is 0 Å². The number of rotatable bonds is 12. The molecule has 0 aliphatic heterocycles. The molecule has 0 fully saturated rings. The zero-order valence-electron chi connectivity index (χ0n) is 25.3. The minimum atomic E-state index is -0.890. The van der Waals surface area contributed by atoms with Crippen LogP contribution in [0.5, 0.6) is 11.5 Å². The first-order valence-electron chi connectivity index (χ1n) is 13.6. The van der Waals surface area contributed by atoms with Gasteiger partial charge < -0.3 is 19.1 Å². The number of benzene rings is 4. The second-order valence-corrected chi connectivity index (χ2v) is 11.3. The van der Waals surface area contributed by atoms with Gasteiger partial charge in [0.15, 0.2) is 0 Å². The Bertz CT molecular complexity index is 1820. The summed E-state index contributed by atoms with van der Waals surface area (Å²) in [5.41, 5.74) is 1.59. The van der Waals surface area contributed by atoms with Crippen LogP contribution < -0.4 is 9.47 Å². The lowest BCUT2D eigenvalue weighted by Gasteiger charge is -2.10. The molecule has 0 heterocycles. The van der Waals surface area contributed by atoms with Crippen molar-refractivity contribution in [1.82, 2.24) is 0 Å². The van der Waals surface area contributed by atoms with Crippen molar-refractivity contribution in [1.29, 1.82) is 0 Å². The lowest BCUT2D eigenvalue weighted by Crippen LogP contribution is -2.06. The van der Waals surface area contributed by atoms with E-state index in [1.165, 1.54) is 26.0 Å². The zero-order chi connectivity index (χ0) is 35.1. The van der Waals surface area contributed by atoms with E-state index < -0.39 is 22.1 Å². The standard InChI is InChI=1S/2C16H13NO6S/c1-11(18)23-14-8-4-3-7-13(14)16(19)24-15-9-5-2-6-12(15)10-22-17(20)21;1-11(18)23-15-8-3-2-7-14(15)16(19)24-13-6-4-5-12(9-13)10-22-17(20)21/h2*2-9H,10H2,1H3. The molecule has 0 radical (unpaired) electrons. The van der Waals surface area contributed by atoms with E-state index in [4.69, 9.17) is 9.47 Å². The third-order valence-corrected chi connectivity index (χ3v) is 7.59. The number of para-hydroxylation sites is 2. The average Bonchev–Trinajstić information content (AvgIpc) is 3.03. The van der Waals surface area contributed by atoms with Crippen molar-refractivity contribution in [3.63, 3.8) is 0 Å². The maximum atomic E-state index is 12.5. The molecule has 248 valence electrons. The van der Waals surface area contributed by atoms with Gasteiger partial charge in [0.1, 0.15) is 24.7 Å². The van der Waals surface area contributed by atoms with E-state index in [1.54, 1.807) is 84.9 Å². The van der Waals surface area contributed by atoms with Gasteiger partial charge in [-0.05, 0) is 77.1 Å². The highest BCUT2D eigenvalue weighted by atomic mass is 32.2. The summed E-state index contributed by atoms with van der Waals surface area (Å²) >= 11 is 1.81. The number of hydrogen-bond donors (Lipinski definition) is 0. The first kappa shape index (κ1) is 36.7. The van der Waals surface area contributed by atoms with Crippen molar-refractivity contribution < 1.29 is 48.5 Å². The Morgan fingerprint density at radius 3 is 1.69 bits per heavy atom. The second-order valence-electron chi connectivity index (χ2n) is 9.21. The highest BCUT2D eigenvalue weighted by molar-refractivity contribution is 8.14. The first-order chi connectivity index (χ1) is 22.9. The van der Waals surface area contributed by atoms with Crippen molar-refractivity contribution in [3.05, 3.63) is 140 Å². The van der Waals surface area contributed by atoms with Gasteiger partial charge in [-0.3, -0.25) is 19.2 Å². The summed E-state index contributed by atoms with van der Waals surface area (Å²) in [4.78, 5) is 77.5. The monoisotopic (exact) mass is 694 g/mol. The molecule has 0 N–H and O–H groups in total. The van der Waals surface area contributed by atoms with Gasteiger partial charge >= 0.3 is 11.9 Å². The maximum Gasteiger partial charge on any atom is 0.308 e. The Kier molecular flexibility index (Phi) is 14.1. The number of nitrogens with zero attached hydrogens (tertiary/aromatic N) is 2. The average molecular weight is 695 g/mol. The van der Waals surface area contributed by atoms with Crippen LogP contribution in [0.3, 0.4) is 0 Å². The Hall–Kier alpha value is -5.74. The smallest absolute Gasteiger partial charge is 0.308 e. The summed E-state index contributed by atoms with van der Waals surface area (Å²) < 4.78 is 10.1. The molecule has 4 aromatic rings. The highest BCUT2D eigenvalue weighted by Crippen LogP contribution is 2.31. The van der Waals surface area contributed by atoms with Gasteiger partial charge in [0.05, 0.1) is 11.1 Å². The van der Waals surface area contributed by atoms with Crippen LogP contribution in [0.2, 0.25) is 0 Å². The minimum absolute atomic E-state index is 0.168. The molecule has 4 aromatic carbocycles. The molecule has 0 aliphatic carbocycles. The van der Waals surface area contributed by atoms with Crippen LogP contribution in [0.4, 0.5) is 0 Å². The van der Waals surface area contributed by atoms with E-state index >= 15 is 0 Å². The summed E-state index contributed by atoms with van der Waals surface area (Å²) in [6.45, 7) is 2.06. The molecule has 0 aromatic heterocycles. The SMILES string of the molecule is CC(=O)Oc1ccccc1C(=O)Sc1cccc(CO[N+](=O)[O-])c1.CC(=O)Oc1ccccc1C(=O)Sc1ccccc1CO[N+](=O)[O-]. The molecule has 0 spiro atoms. The summed E-state index contributed by atoms with van der Waals surface area (Å²) in [6, 6.07) is 26.2. The largest absolute Gasteiger partial charge is 0.426 e. The Morgan fingerprint density at radius 1 is 0.625 bits per heavy atom. The van der Waals surface area contributed by atoms with E-state index in [0.717, 1.165) is 23.5 Å². The Balaban J connectivity index is 0.000000260. The second kappa shape index (κ2) is 18.4. The lowest BCUT2D eigenvalue weighted by atomic mass is 10.2. The lowest BCUT2D eigenvalue weighted by molar-refractivity contribution is -0.763. The van der Waals surface area contributed by atoms with E-state index in [9.17, 15) is 39.4 Å². The molecular weight excluding hydrogens is 668 g/mol. The Morgan fingerprint density at radius 2 is 1.12 bits per heavy atom. The van der Waals surface area contributed by atoms with E-state index in [1.807, 2.05) is 0 Å². The topological polar surface area (TPSA) is 191 Å². The van der Waals surface area contributed by atoms with Gasteiger partial charge in [-0.15, -0.1) is 20.2 Å². The third kappa shape index (κ3) is 12.2. The molecule has 48 heavy (non-hydrogen) atoms. The van der Waals surface area contributed by atoms with Crippen LogP contribution in [-0.2, 0) is 32.5 Å². The number of carbonyl (C=O) groups excluding carboxylic acids is 4. The molecule has 0 aliphatic rings. The minimum Gasteiger partial charge on any atom is -0.426 e. The van der Waals surface area contributed by atoms with Gasteiger partial charge in [-0.2, -0.15) is 0 Å². The van der Waals surface area contributed by atoms with Gasteiger partial charge in [-0.25, -0.2) is 0 Å².